The summed E-state index contributed by atoms with van der Waals surface area (Å²) in [6, 6.07) is 10.4. The van der Waals surface area contributed by atoms with Gasteiger partial charge in [0.25, 0.3) is 0 Å². The number of rotatable bonds is 3. The molecule has 2 nitrogen and oxygen atoms in total. The fourth-order valence-corrected chi connectivity index (χ4v) is 2.17. The van der Waals surface area contributed by atoms with Crippen molar-refractivity contribution in [3.8, 4) is 0 Å². The molecule has 0 aliphatic carbocycles. The highest BCUT2D eigenvalue weighted by Gasteiger charge is 2.02. The smallest absolute Gasteiger partial charge is 0.0597 e. The van der Waals surface area contributed by atoms with E-state index >= 15 is 0 Å². The maximum absolute atomic E-state index is 4.48. The summed E-state index contributed by atoms with van der Waals surface area (Å²) in [5.41, 5.74) is 5.74. The molecule has 1 N–H and O–H groups in total. The molecule has 0 saturated carbocycles. The summed E-state index contributed by atoms with van der Waals surface area (Å²) in [6.07, 6.45) is 0. The number of anilines is 1. The molecule has 3 heteroatoms. The fraction of sp³-hybridized carbons (Fsp3) is 0.267. The summed E-state index contributed by atoms with van der Waals surface area (Å²) >= 11 is 3.58. The van der Waals surface area contributed by atoms with E-state index in [1.54, 1.807) is 0 Å². The molecule has 0 unspecified atom stereocenters. The van der Waals surface area contributed by atoms with Gasteiger partial charge in [0.05, 0.1) is 12.2 Å². The molecule has 0 radical (unpaired) electrons. The van der Waals surface area contributed by atoms with Gasteiger partial charge in [-0.2, -0.15) is 0 Å². The van der Waals surface area contributed by atoms with E-state index < -0.39 is 0 Å². The number of benzene rings is 1. The average molecular weight is 305 g/mol. The Balaban J connectivity index is 2.11. The molecule has 0 spiro atoms. The first kappa shape index (κ1) is 13.1. The second-order valence-electron chi connectivity index (χ2n) is 4.55. The van der Waals surface area contributed by atoms with Crippen molar-refractivity contribution in [3.05, 3.63) is 57.3 Å². The Morgan fingerprint density at radius 3 is 2.39 bits per heavy atom. The van der Waals surface area contributed by atoms with Crippen LogP contribution in [-0.2, 0) is 6.54 Å². The highest BCUT2D eigenvalue weighted by molar-refractivity contribution is 9.10. The van der Waals surface area contributed by atoms with Crippen LogP contribution in [0.15, 0.2) is 34.8 Å². The monoisotopic (exact) mass is 304 g/mol. The lowest BCUT2D eigenvalue weighted by molar-refractivity contribution is 1.01. The van der Waals surface area contributed by atoms with Crippen LogP contribution in [0.2, 0.25) is 0 Å². The van der Waals surface area contributed by atoms with Crippen LogP contribution in [0.25, 0.3) is 0 Å². The molecule has 0 saturated heterocycles. The minimum absolute atomic E-state index is 0.752. The van der Waals surface area contributed by atoms with Crippen molar-refractivity contribution < 1.29 is 0 Å². The standard InChI is InChI=1S/C15H17BrN2/c1-10-7-14(8-11(2)15(10)16)17-9-13-6-4-5-12(3)18-13/h4-8,17H,9H2,1-3H3. The van der Waals surface area contributed by atoms with Gasteiger partial charge < -0.3 is 5.32 Å². The van der Waals surface area contributed by atoms with Gasteiger partial charge in [0.15, 0.2) is 0 Å². The van der Waals surface area contributed by atoms with Gasteiger partial charge >= 0.3 is 0 Å². The molecule has 0 amide bonds. The maximum atomic E-state index is 4.48. The second-order valence-corrected chi connectivity index (χ2v) is 5.34. The Morgan fingerprint density at radius 2 is 1.78 bits per heavy atom. The van der Waals surface area contributed by atoms with Crippen molar-refractivity contribution in [2.24, 2.45) is 0 Å². The van der Waals surface area contributed by atoms with Gasteiger partial charge in [0.2, 0.25) is 0 Å². The van der Waals surface area contributed by atoms with Gasteiger partial charge in [0, 0.05) is 15.9 Å². The summed E-state index contributed by atoms with van der Waals surface area (Å²) in [4.78, 5) is 4.48. The van der Waals surface area contributed by atoms with Crippen LogP contribution >= 0.6 is 15.9 Å². The number of nitrogens with zero attached hydrogens (tertiary/aromatic N) is 1. The van der Waals surface area contributed by atoms with Gasteiger partial charge in [0.1, 0.15) is 0 Å². The fourth-order valence-electron chi connectivity index (χ4n) is 1.94. The maximum Gasteiger partial charge on any atom is 0.0597 e. The van der Waals surface area contributed by atoms with Crippen molar-refractivity contribution in [2.45, 2.75) is 27.3 Å². The Morgan fingerprint density at radius 1 is 1.11 bits per heavy atom. The molecule has 1 aromatic carbocycles. The lowest BCUT2D eigenvalue weighted by Crippen LogP contribution is -2.03. The topological polar surface area (TPSA) is 24.9 Å². The van der Waals surface area contributed by atoms with Crippen molar-refractivity contribution in [3.63, 3.8) is 0 Å². The van der Waals surface area contributed by atoms with E-state index in [-0.39, 0.29) is 0 Å². The third-order valence-electron chi connectivity index (χ3n) is 2.86. The first-order valence-corrected chi connectivity index (χ1v) is 6.79. The molecular weight excluding hydrogens is 288 g/mol. The Bertz CT molecular complexity index is 541. The zero-order valence-electron chi connectivity index (χ0n) is 10.9. The van der Waals surface area contributed by atoms with Crippen LogP contribution in [0.4, 0.5) is 5.69 Å². The highest BCUT2D eigenvalue weighted by atomic mass is 79.9. The van der Waals surface area contributed by atoms with E-state index in [9.17, 15) is 0 Å². The Hall–Kier alpha value is -1.35. The third kappa shape index (κ3) is 3.10. The molecule has 0 bridgehead atoms. The number of pyridine rings is 1. The molecule has 0 aliphatic heterocycles. The molecular formula is C15H17BrN2. The van der Waals surface area contributed by atoms with Crippen LogP contribution in [0.3, 0.4) is 0 Å². The molecule has 1 heterocycles. The van der Waals surface area contributed by atoms with E-state index in [4.69, 9.17) is 0 Å². The normalized spacial score (nSPS) is 10.4. The summed E-state index contributed by atoms with van der Waals surface area (Å²) in [6.45, 7) is 6.97. The number of aromatic nitrogens is 1. The quantitative estimate of drug-likeness (QED) is 0.910. The van der Waals surface area contributed by atoms with E-state index in [2.05, 4.69) is 52.2 Å². The van der Waals surface area contributed by atoms with Crippen molar-refractivity contribution in [2.75, 3.05) is 5.32 Å². The molecule has 2 rings (SSSR count). The van der Waals surface area contributed by atoms with E-state index in [0.717, 1.165) is 23.6 Å². The largest absolute Gasteiger partial charge is 0.379 e. The van der Waals surface area contributed by atoms with Gasteiger partial charge in [-0.1, -0.05) is 22.0 Å². The number of hydrogen-bond acceptors (Lipinski definition) is 2. The van der Waals surface area contributed by atoms with Gasteiger partial charge in [-0.05, 0) is 56.2 Å². The molecule has 0 aliphatic rings. The minimum Gasteiger partial charge on any atom is -0.379 e. The SMILES string of the molecule is Cc1cccc(CNc2cc(C)c(Br)c(C)c2)n1. The lowest BCUT2D eigenvalue weighted by atomic mass is 10.1. The van der Waals surface area contributed by atoms with Crippen molar-refractivity contribution in [1.29, 1.82) is 0 Å². The van der Waals surface area contributed by atoms with Crippen LogP contribution in [0, 0.1) is 20.8 Å². The highest BCUT2D eigenvalue weighted by Crippen LogP contribution is 2.25. The van der Waals surface area contributed by atoms with E-state index in [0.29, 0.717) is 0 Å². The first-order chi connectivity index (χ1) is 8.56. The minimum atomic E-state index is 0.752. The predicted octanol–water partition coefficient (Wildman–Crippen LogP) is 4.38. The zero-order valence-corrected chi connectivity index (χ0v) is 12.5. The van der Waals surface area contributed by atoms with Crippen LogP contribution < -0.4 is 5.32 Å². The zero-order chi connectivity index (χ0) is 13.1. The van der Waals surface area contributed by atoms with Crippen molar-refractivity contribution in [1.82, 2.24) is 4.98 Å². The van der Waals surface area contributed by atoms with E-state index in [1.165, 1.54) is 15.6 Å². The summed E-state index contributed by atoms with van der Waals surface area (Å²) in [5.74, 6) is 0. The van der Waals surface area contributed by atoms with Gasteiger partial charge in [-0.25, -0.2) is 0 Å². The third-order valence-corrected chi connectivity index (χ3v) is 4.11. The molecule has 0 atom stereocenters. The summed E-state index contributed by atoms with van der Waals surface area (Å²) in [7, 11) is 0. The molecule has 0 fully saturated rings. The van der Waals surface area contributed by atoms with Gasteiger partial charge in [-0.3, -0.25) is 4.98 Å². The Labute approximate surface area is 117 Å². The van der Waals surface area contributed by atoms with Crippen LogP contribution in [0.5, 0.6) is 0 Å². The first-order valence-electron chi connectivity index (χ1n) is 5.99. The summed E-state index contributed by atoms with van der Waals surface area (Å²) in [5, 5.41) is 3.41. The number of nitrogens with one attached hydrogen (secondary N) is 1. The van der Waals surface area contributed by atoms with Gasteiger partial charge in [-0.15, -0.1) is 0 Å². The molecule has 18 heavy (non-hydrogen) atoms. The van der Waals surface area contributed by atoms with Crippen LogP contribution in [-0.4, -0.2) is 4.98 Å². The van der Waals surface area contributed by atoms with E-state index in [1.807, 2.05) is 25.1 Å². The number of hydrogen-bond donors (Lipinski definition) is 1. The second kappa shape index (κ2) is 5.53. The average Bonchev–Trinajstić information content (AvgIpc) is 2.33. The van der Waals surface area contributed by atoms with Crippen molar-refractivity contribution >= 4 is 21.6 Å². The predicted molar refractivity (Wildman–Crippen MR) is 79.9 cm³/mol. The van der Waals surface area contributed by atoms with Crippen LogP contribution in [0.1, 0.15) is 22.5 Å². The molecule has 2 aromatic rings. The molecule has 1 aromatic heterocycles. The lowest BCUT2D eigenvalue weighted by Gasteiger charge is -2.10. The summed E-state index contributed by atoms with van der Waals surface area (Å²) < 4.78 is 1.18. The molecule has 94 valence electrons. The number of aryl methyl sites for hydroxylation is 3. The Kier molecular flexibility index (Phi) is 4.02. The number of halogens is 1.